The molecule has 2 heterocycles. The minimum atomic E-state index is -0.106. The van der Waals surface area contributed by atoms with Crippen LogP contribution in [-0.2, 0) is 6.54 Å². The van der Waals surface area contributed by atoms with Crippen LogP contribution in [0.2, 0.25) is 10.0 Å². The number of hydrogen-bond acceptors (Lipinski definition) is 5. The van der Waals surface area contributed by atoms with E-state index in [2.05, 4.69) is 15.2 Å². The number of nitrogens with zero attached hydrogens (tertiary/aromatic N) is 5. The van der Waals surface area contributed by atoms with Crippen LogP contribution in [-0.4, -0.2) is 64.0 Å². The predicted octanol–water partition coefficient (Wildman–Crippen LogP) is 3.85. The molecule has 4 rings (SSSR count). The zero-order valence-corrected chi connectivity index (χ0v) is 18.9. The number of halogens is 2. The Bertz CT molecular complexity index is 1090. The Morgan fingerprint density at radius 3 is 2.52 bits per heavy atom. The Morgan fingerprint density at radius 1 is 1.06 bits per heavy atom. The van der Waals surface area contributed by atoms with Gasteiger partial charge in [-0.3, -0.25) is 9.69 Å². The van der Waals surface area contributed by atoms with Crippen molar-refractivity contribution in [3.05, 3.63) is 69.5 Å². The van der Waals surface area contributed by atoms with Crippen LogP contribution in [0.5, 0.6) is 5.75 Å². The van der Waals surface area contributed by atoms with Gasteiger partial charge in [-0.05, 0) is 43.3 Å². The van der Waals surface area contributed by atoms with E-state index in [1.54, 1.807) is 23.9 Å². The molecule has 1 amide bonds. The molecule has 0 spiro atoms. The van der Waals surface area contributed by atoms with E-state index in [0.29, 0.717) is 34.5 Å². The minimum absolute atomic E-state index is 0.106. The second-order valence-corrected chi connectivity index (χ2v) is 8.31. The second-order valence-electron chi connectivity index (χ2n) is 7.44. The Hall–Kier alpha value is -2.61. The van der Waals surface area contributed by atoms with E-state index < -0.39 is 0 Å². The summed E-state index contributed by atoms with van der Waals surface area (Å²) in [6.45, 7) is 5.30. The highest BCUT2D eigenvalue weighted by atomic mass is 35.5. The fourth-order valence-corrected chi connectivity index (χ4v) is 4.13. The molecule has 0 unspecified atom stereocenters. The summed E-state index contributed by atoms with van der Waals surface area (Å²) in [5.74, 6) is 0.710. The van der Waals surface area contributed by atoms with Crippen LogP contribution in [0.3, 0.4) is 0 Å². The number of amides is 1. The Balaban J connectivity index is 1.42. The average molecular weight is 460 g/mol. The van der Waals surface area contributed by atoms with Crippen molar-refractivity contribution >= 4 is 29.1 Å². The maximum Gasteiger partial charge on any atom is 0.276 e. The standard InChI is InChI=1S/C22H23Cl2N5O2/c1-15-21(25-26-29(15)19-5-3-4-17(23)13-19)22(30)28-10-8-27(9-11-28)14-16-12-18(24)6-7-20(16)31-2/h3-7,12-13H,8-11,14H2,1-2H3. The molecule has 1 aromatic heterocycles. The van der Waals surface area contributed by atoms with Crippen molar-refractivity contribution in [1.82, 2.24) is 24.8 Å². The van der Waals surface area contributed by atoms with E-state index in [4.69, 9.17) is 27.9 Å². The van der Waals surface area contributed by atoms with Gasteiger partial charge in [0.2, 0.25) is 0 Å². The molecule has 1 fully saturated rings. The Morgan fingerprint density at radius 2 is 1.81 bits per heavy atom. The highest BCUT2D eigenvalue weighted by molar-refractivity contribution is 6.31. The molecule has 31 heavy (non-hydrogen) atoms. The molecular formula is C22H23Cl2N5O2. The summed E-state index contributed by atoms with van der Waals surface area (Å²) in [6, 6.07) is 12.9. The maximum atomic E-state index is 13.1. The smallest absolute Gasteiger partial charge is 0.276 e. The van der Waals surface area contributed by atoms with Gasteiger partial charge in [-0.2, -0.15) is 0 Å². The van der Waals surface area contributed by atoms with E-state index in [1.165, 1.54) is 0 Å². The SMILES string of the molecule is COc1ccc(Cl)cc1CN1CCN(C(=O)c2nnn(-c3cccc(Cl)c3)c2C)CC1. The molecule has 0 N–H and O–H groups in total. The van der Waals surface area contributed by atoms with Crippen LogP contribution < -0.4 is 4.74 Å². The maximum absolute atomic E-state index is 13.1. The highest BCUT2D eigenvalue weighted by Crippen LogP contribution is 2.25. The molecule has 0 atom stereocenters. The molecule has 0 saturated carbocycles. The van der Waals surface area contributed by atoms with Gasteiger partial charge in [-0.25, -0.2) is 4.68 Å². The number of aromatic nitrogens is 3. The fraction of sp³-hybridized carbons (Fsp3) is 0.318. The number of carbonyl (C=O) groups excluding carboxylic acids is 1. The van der Waals surface area contributed by atoms with Gasteiger partial charge >= 0.3 is 0 Å². The van der Waals surface area contributed by atoms with E-state index in [1.807, 2.05) is 42.2 Å². The number of methoxy groups -OCH3 is 1. The van der Waals surface area contributed by atoms with Gasteiger partial charge in [-0.15, -0.1) is 5.10 Å². The van der Waals surface area contributed by atoms with Crippen LogP contribution in [0.1, 0.15) is 21.7 Å². The first kappa shape index (κ1) is 21.6. The summed E-state index contributed by atoms with van der Waals surface area (Å²) in [5, 5.41) is 9.60. The topological polar surface area (TPSA) is 63.5 Å². The summed E-state index contributed by atoms with van der Waals surface area (Å²) >= 11 is 12.2. The number of rotatable bonds is 5. The largest absolute Gasteiger partial charge is 0.496 e. The molecule has 0 radical (unpaired) electrons. The van der Waals surface area contributed by atoms with Crippen molar-refractivity contribution in [2.24, 2.45) is 0 Å². The third-order valence-electron chi connectivity index (χ3n) is 5.45. The van der Waals surface area contributed by atoms with Gasteiger partial charge in [0.05, 0.1) is 18.5 Å². The molecule has 162 valence electrons. The van der Waals surface area contributed by atoms with Crippen molar-refractivity contribution in [3.8, 4) is 11.4 Å². The van der Waals surface area contributed by atoms with Gasteiger partial charge < -0.3 is 9.64 Å². The third-order valence-corrected chi connectivity index (χ3v) is 5.92. The van der Waals surface area contributed by atoms with Gasteiger partial charge in [0, 0.05) is 48.3 Å². The summed E-state index contributed by atoms with van der Waals surface area (Å²) in [5.41, 5.74) is 2.87. The van der Waals surface area contributed by atoms with Crippen molar-refractivity contribution < 1.29 is 9.53 Å². The number of piperazine rings is 1. The van der Waals surface area contributed by atoms with E-state index in [0.717, 1.165) is 36.6 Å². The monoisotopic (exact) mass is 459 g/mol. The summed E-state index contributed by atoms with van der Waals surface area (Å²) in [4.78, 5) is 17.2. The van der Waals surface area contributed by atoms with Crippen LogP contribution in [0, 0.1) is 6.92 Å². The number of hydrogen-bond donors (Lipinski definition) is 0. The molecule has 3 aromatic rings. The van der Waals surface area contributed by atoms with Crippen LogP contribution >= 0.6 is 23.2 Å². The van der Waals surface area contributed by atoms with Crippen LogP contribution in [0.4, 0.5) is 0 Å². The fourth-order valence-electron chi connectivity index (χ4n) is 3.75. The molecule has 9 heteroatoms. The zero-order valence-electron chi connectivity index (χ0n) is 17.4. The minimum Gasteiger partial charge on any atom is -0.496 e. The van der Waals surface area contributed by atoms with E-state index in [9.17, 15) is 4.79 Å². The van der Waals surface area contributed by atoms with Crippen molar-refractivity contribution in [3.63, 3.8) is 0 Å². The van der Waals surface area contributed by atoms with E-state index >= 15 is 0 Å². The highest BCUT2D eigenvalue weighted by Gasteiger charge is 2.27. The lowest BCUT2D eigenvalue weighted by atomic mass is 10.1. The number of carbonyl (C=O) groups is 1. The predicted molar refractivity (Wildman–Crippen MR) is 120 cm³/mol. The van der Waals surface area contributed by atoms with Gasteiger partial charge in [-0.1, -0.05) is 34.5 Å². The summed E-state index contributed by atoms with van der Waals surface area (Å²) < 4.78 is 7.08. The Labute approximate surface area is 191 Å². The zero-order chi connectivity index (χ0) is 22.0. The molecule has 0 aliphatic carbocycles. The van der Waals surface area contributed by atoms with Crippen LogP contribution in [0.25, 0.3) is 5.69 Å². The Kier molecular flexibility index (Phi) is 6.46. The molecule has 2 aromatic carbocycles. The summed E-state index contributed by atoms with van der Waals surface area (Å²) in [6.07, 6.45) is 0. The first-order valence-corrected chi connectivity index (χ1v) is 10.7. The van der Waals surface area contributed by atoms with Gasteiger partial charge in [0.25, 0.3) is 5.91 Å². The van der Waals surface area contributed by atoms with E-state index in [-0.39, 0.29) is 5.91 Å². The summed E-state index contributed by atoms with van der Waals surface area (Å²) in [7, 11) is 1.65. The first-order valence-electron chi connectivity index (χ1n) is 9.98. The van der Waals surface area contributed by atoms with Gasteiger partial charge in [0.1, 0.15) is 5.75 Å². The lowest BCUT2D eigenvalue weighted by Gasteiger charge is -2.34. The molecule has 0 bridgehead atoms. The molecule has 1 aliphatic heterocycles. The lowest BCUT2D eigenvalue weighted by molar-refractivity contribution is 0.0621. The molecule has 7 nitrogen and oxygen atoms in total. The van der Waals surface area contributed by atoms with Crippen molar-refractivity contribution in [2.75, 3.05) is 33.3 Å². The second kappa shape index (κ2) is 9.26. The molecular weight excluding hydrogens is 437 g/mol. The van der Waals surface area contributed by atoms with Crippen LogP contribution in [0.15, 0.2) is 42.5 Å². The third kappa shape index (κ3) is 4.69. The lowest BCUT2D eigenvalue weighted by Crippen LogP contribution is -2.48. The van der Waals surface area contributed by atoms with Crippen molar-refractivity contribution in [2.45, 2.75) is 13.5 Å². The number of benzene rings is 2. The molecule has 1 aliphatic rings. The normalized spacial score (nSPS) is 14.6. The molecule has 1 saturated heterocycles. The van der Waals surface area contributed by atoms with Crippen molar-refractivity contribution in [1.29, 1.82) is 0 Å². The first-order chi connectivity index (χ1) is 15.0. The quantitative estimate of drug-likeness (QED) is 0.579. The average Bonchev–Trinajstić information content (AvgIpc) is 3.15. The number of ether oxygens (including phenoxy) is 1. The van der Waals surface area contributed by atoms with Gasteiger partial charge in [0.15, 0.2) is 5.69 Å².